The van der Waals surface area contributed by atoms with Crippen molar-refractivity contribution in [2.75, 3.05) is 0 Å². The molecule has 1 rings (SSSR count). The molecule has 1 aromatic carbocycles. The molecule has 0 saturated heterocycles. The second kappa shape index (κ2) is 7.92. The second-order valence-electron chi connectivity index (χ2n) is 4.49. The summed E-state index contributed by atoms with van der Waals surface area (Å²) in [7, 11) is 0. The van der Waals surface area contributed by atoms with Crippen molar-refractivity contribution in [2.45, 2.75) is 45.6 Å². The normalized spacial score (nSPS) is 13.6. The summed E-state index contributed by atoms with van der Waals surface area (Å²) in [5.74, 6) is 6.28. The molecule has 0 aromatic heterocycles. The maximum absolute atomic E-state index is 9.92. The molecular weight excluding hydrogens is 208 g/mol. The van der Waals surface area contributed by atoms with Crippen LogP contribution in [-0.2, 0) is 0 Å². The van der Waals surface area contributed by atoms with Crippen LogP contribution < -0.4 is 0 Å². The zero-order chi connectivity index (χ0) is 12.5. The summed E-state index contributed by atoms with van der Waals surface area (Å²) in [6, 6.07) is 9.92. The fourth-order valence-corrected chi connectivity index (χ4v) is 1.67. The van der Waals surface area contributed by atoms with Gasteiger partial charge in [0.25, 0.3) is 0 Å². The first-order valence-electron chi connectivity index (χ1n) is 6.48. The van der Waals surface area contributed by atoms with E-state index >= 15 is 0 Å². The van der Waals surface area contributed by atoms with Crippen LogP contribution in [0.1, 0.15) is 45.1 Å². The minimum atomic E-state index is -0.294. The molecule has 1 aromatic rings. The molecule has 2 atom stereocenters. The Morgan fingerprint density at radius 2 is 1.88 bits per heavy atom. The van der Waals surface area contributed by atoms with E-state index in [0.717, 1.165) is 18.4 Å². The maximum atomic E-state index is 9.92. The second-order valence-corrected chi connectivity index (χ2v) is 4.49. The highest BCUT2D eigenvalue weighted by molar-refractivity contribution is 5.34. The summed E-state index contributed by atoms with van der Waals surface area (Å²) < 4.78 is 0. The molecule has 0 spiro atoms. The molecule has 0 bridgehead atoms. The van der Waals surface area contributed by atoms with E-state index in [4.69, 9.17) is 0 Å². The molecule has 0 aliphatic rings. The lowest BCUT2D eigenvalue weighted by atomic mass is 9.99. The summed E-state index contributed by atoms with van der Waals surface area (Å²) in [6.45, 7) is 4.16. The molecule has 0 amide bonds. The van der Waals surface area contributed by atoms with Crippen LogP contribution in [0.5, 0.6) is 0 Å². The molecule has 92 valence electrons. The Morgan fingerprint density at radius 3 is 2.53 bits per heavy atom. The Hall–Kier alpha value is -1.26. The smallest absolute Gasteiger partial charge is 0.0675 e. The van der Waals surface area contributed by atoms with Crippen molar-refractivity contribution in [3.05, 3.63) is 35.9 Å². The fraction of sp³-hybridized carbons (Fsp3) is 0.500. The number of hydrogen-bond donors (Lipinski definition) is 1. The highest BCUT2D eigenvalue weighted by Gasteiger charge is 2.10. The molecule has 0 fully saturated rings. The number of aliphatic hydroxyl groups excluding tert-OH is 1. The topological polar surface area (TPSA) is 20.2 Å². The standard InChI is InChI=1S/C16H22O/c1-3-4-6-11-16(17)14(2)12-13-15-9-7-5-8-10-15/h5,7-10,14,16-17H,3-4,6,11H2,1-2H3. The minimum absolute atomic E-state index is 0.0482. The van der Waals surface area contributed by atoms with Crippen molar-refractivity contribution < 1.29 is 5.11 Å². The van der Waals surface area contributed by atoms with Crippen LogP contribution in [0.4, 0.5) is 0 Å². The van der Waals surface area contributed by atoms with Crippen LogP contribution in [-0.4, -0.2) is 11.2 Å². The molecule has 1 heteroatoms. The Labute approximate surface area is 105 Å². The lowest BCUT2D eigenvalue weighted by Crippen LogP contribution is -2.15. The van der Waals surface area contributed by atoms with Crippen LogP contribution in [0.25, 0.3) is 0 Å². The molecular formula is C16H22O. The number of hydrogen-bond acceptors (Lipinski definition) is 1. The molecule has 17 heavy (non-hydrogen) atoms. The Balaban J connectivity index is 2.43. The van der Waals surface area contributed by atoms with Gasteiger partial charge in [0.05, 0.1) is 6.10 Å². The van der Waals surface area contributed by atoms with Crippen molar-refractivity contribution in [3.8, 4) is 11.8 Å². The monoisotopic (exact) mass is 230 g/mol. The summed E-state index contributed by atoms with van der Waals surface area (Å²) in [5.41, 5.74) is 1.01. The molecule has 1 N–H and O–H groups in total. The van der Waals surface area contributed by atoms with E-state index < -0.39 is 0 Å². The third-order valence-electron chi connectivity index (χ3n) is 2.90. The minimum Gasteiger partial charge on any atom is -0.392 e. The lowest BCUT2D eigenvalue weighted by Gasteiger charge is -2.12. The number of rotatable bonds is 5. The third kappa shape index (κ3) is 5.56. The third-order valence-corrected chi connectivity index (χ3v) is 2.90. The van der Waals surface area contributed by atoms with E-state index in [1.165, 1.54) is 12.8 Å². The van der Waals surface area contributed by atoms with Crippen molar-refractivity contribution in [3.63, 3.8) is 0 Å². The summed E-state index contributed by atoms with van der Waals surface area (Å²) in [6.07, 6.45) is 4.04. The van der Waals surface area contributed by atoms with Crippen molar-refractivity contribution in [2.24, 2.45) is 5.92 Å². The van der Waals surface area contributed by atoms with Gasteiger partial charge < -0.3 is 5.11 Å². The molecule has 2 unspecified atom stereocenters. The summed E-state index contributed by atoms with van der Waals surface area (Å²) in [5, 5.41) is 9.92. The Kier molecular flexibility index (Phi) is 6.43. The highest BCUT2D eigenvalue weighted by atomic mass is 16.3. The van der Waals surface area contributed by atoms with Gasteiger partial charge in [0, 0.05) is 11.5 Å². The predicted molar refractivity (Wildman–Crippen MR) is 72.6 cm³/mol. The van der Waals surface area contributed by atoms with Crippen molar-refractivity contribution >= 4 is 0 Å². The van der Waals surface area contributed by atoms with Gasteiger partial charge in [-0.3, -0.25) is 0 Å². The summed E-state index contributed by atoms with van der Waals surface area (Å²) in [4.78, 5) is 0. The van der Waals surface area contributed by atoms with E-state index in [1.54, 1.807) is 0 Å². The van der Waals surface area contributed by atoms with Crippen LogP contribution in [0.3, 0.4) is 0 Å². The van der Waals surface area contributed by atoms with E-state index in [-0.39, 0.29) is 12.0 Å². The quantitative estimate of drug-likeness (QED) is 0.605. The number of aliphatic hydroxyl groups is 1. The largest absolute Gasteiger partial charge is 0.392 e. The Bertz CT molecular complexity index is 358. The van der Waals surface area contributed by atoms with Gasteiger partial charge in [-0.05, 0) is 25.5 Å². The highest BCUT2D eigenvalue weighted by Crippen LogP contribution is 2.11. The van der Waals surface area contributed by atoms with Crippen LogP contribution in [0.2, 0.25) is 0 Å². The Morgan fingerprint density at radius 1 is 1.18 bits per heavy atom. The fourth-order valence-electron chi connectivity index (χ4n) is 1.67. The first kappa shape index (κ1) is 13.8. The van der Waals surface area contributed by atoms with Gasteiger partial charge in [-0.15, -0.1) is 0 Å². The lowest BCUT2D eigenvalue weighted by molar-refractivity contribution is 0.129. The maximum Gasteiger partial charge on any atom is 0.0675 e. The van der Waals surface area contributed by atoms with Crippen LogP contribution >= 0.6 is 0 Å². The van der Waals surface area contributed by atoms with Crippen molar-refractivity contribution in [1.29, 1.82) is 0 Å². The summed E-state index contributed by atoms with van der Waals surface area (Å²) >= 11 is 0. The van der Waals surface area contributed by atoms with E-state index in [2.05, 4.69) is 18.8 Å². The van der Waals surface area contributed by atoms with Crippen LogP contribution in [0, 0.1) is 17.8 Å². The van der Waals surface area contributed by atoms with Gasteiger partial charge in [-0.1, -0.05) is 56.2 Å². The van der Waals surface area contributed by atoms with E-state index in [9.17, 15) is 5.11 Å². The molecule has 0 saturated carbocycles. The van der Waals surface area contributed by atoms with E-state index in [0.29, 0.717) is 0 Å². The first-order chi connectivity index (χ1) is 8.24. The van der Waals surface area contributed by atoms with Gasteiger partial charge in [-0.2, -0.15) is 0 Å². The SMILES string of the molecule is CCCCCC(O)C(C)C#Cc1ccccc1. The number of benzene rings is 1. The average Bonchev–Trinajstić information content (AvgIpc) is 2.37. The van der Waals surface area contributed by atoms with Crippen LogP contribution in [0.15, 0.2) is 30.3 Å². The zero-order valence-corrected chi connectivity index (χ0v) is 10.8. The van der Waals surface area contributed by atoms with Crippen molar-refractivity contribution in [1.82, 2.24) is 0 Å². The van der Waals surface area contributed by atoms with Gasteiger partial charge in [-0.25, -0.2) is 0 Å². The molecule has 0 heterocycles. The average molecular weight is 230 g/mol. The van der Waals surface area contributed by atoms with Gasteiger partial charge in [0.1, 0.15) is 0 Å². The molecule has 0 aliphatic heterocycles. The van der Waals surface area contributed by atoms with Gasteiger partial charge in [0.15, 0.2) is 0 Å². The van der Waals surface area contributed by atoms with Gasteiger partial charge in [0.2, 0.25) is 0 Å². The van der Waals surface area contributed by atoms with E-state index in [1.807, 2.05) is 37.3 Å². The zero-order valence-electron chi connectivity index (χ0n) is 10.8. The molecule has 1 nitrogen and oxygen atoms in total. The first-order valence-corrected chi connectivity index (χ1v) is 6.48. The van der Waals surface area contributed by atoms with Gasteiger partial charge >= 0.3 is 0 Å². The number of unbranched alkanes of at least 4 members (excludes halogenated alkanes) is 2. The predicted octanol–water partition coefficient (Wildman–Crippen LogP) is 3.62. The molecule has 0 radical (unpaired) electrons. The molecule has 0 aliphatic carbocycles.